The number of rotatable bonds is 6. The molecule has 31 heavy (non-hydrogen) atoms. The molecule has 11 heteroatoms. The van der Waals surface area contributed by atoms with Crippen LogP contribution in [0.15, 0.2) is 47.4 Å². The molecule has 2 aromatic carbocycles. The fourth-order valence-corrected chi connectivity index (χ4v) is 5.12. The number of esters is 1. The molecule has 0 spiro atoms. The Morgan fingerprint density at radius 1 is 1.23 bits per heavy atom. The highest BCUT2D eigenvalue weighted by Crippen LogP contribution is 2.30. The smallest absolute Gasteiger partial charge is 0.320 e. The number of ether oxygens (including phenoxy) is 2. The number of nitrogens with zero attached hydrogens (tertiary/aromatic N) is 1. The van der Waals surface area contributed by atoms with Crippen molar-refractivity contribution < 1.29 is 42.3 Å². The maximum Gasteiger partial charge on any atom is 0.320 e. The Hall–Kier alpha value is -3.02. The van der Waals surface area contributed by atoms with Crippen LogP contribution in [0.25, 0.3) is 0 Å². The Balaban J connectivity index is 1.79. The minimum Gasteiger partial charge on any atom is -0.489 e. The molecule has 166 valence electrons. The fraction of sp³-hybridized carbons (Fsp3) is 0.300. The summed E-state index contributed by atoms with van der Waals surface area (Å²) in [5, 5.41) is 15.6. The van der Waals surface area contributed by atoms with Gasteiger partial charge in [0, 0.05) is 6.42 Å². The second-order valence-electron chi connectivity index (χ2n) is 6.98. The van der Waals surface area contributed by atoms with E-state index in [0.29, 0.717) is 11.3 Å². The Morgan fingerprint density at radius 3 is 2.55 bits per heavy atom. The molecule has 1 aliphatic heterocycles. The summed E-state index contributed by atoms with van der Waals surface area (Å²) in [7, 11) is -4.19. The summed E-state index contributed by atoms with van der Waals surface area (Å²) in [6.07, 6.45) is -0.185. The molecular weight excluding hydrogens is 433 g/mol. The van der Waals surface area contributed by atoms with Crippen molar-refractivity contribution in [1.29, 1.82) is 0 Å². The van der Waals surface area contributed by atoms with E-state index in [1.807, 2.05) is 0 Å². The lowest BCUT2D eigenvalue weighted by Crippen LogP contribution is -2.49. The third-order valence-electron chi connectivity index (χ3n) is 4.99. The molecule has 1 amide bonds. The highest BCUT2D eigenvalue weighted by molar-refractivity contribution is 7.92. The van der Waals surface area contributed by atoms with Crippen LogP contribution in [0.2, 0.25) is 0 Å². The van der Waals surface area contributed by atoms with Crippen molar-refractivity contribution >= 4 is 21.7 Å². The molecule has 2 atom stereocenters. The Morgan fingerprint density at radius 2 is 1.90 bits per heavy atom. The van der Waals surface area contributed by atoms with E-state index < -0.39 is 43.9 Å². The molecule has 9 nitrogen and oxygen atoms in total. The van der Waals surface area contributed by atoms with Gasteiger partial charge in [0.2, 0.25) is 0 Å². The lowest BCUT2D eigenvalue weighted by Gasteiger charge is -2.29. The topological polar surface area (TPSA) is 130 Å². The van der Waals surface area contributed by atoms with Crippen LogP contribution in [-0.4, -0.2) is 47.8 Å². The third kappa shape index (κ3) is 4.84. The van der Waals surface area contributed by atoms with E-state index in [4.69, 9.17) is 19.9 Å². The van der Waals surface area contributed by atoms with Crippen LogP contribution >= 0.6 is 0 Å². The van der Waals surface area contributed by atoms with Crippen LogP contribution in [0.3, 0.4) is 0 Å². The number of benzene rings is 2. The molecule has 1 saturated heterocycles. The van der Waals surface area contributed by atoms with Gasteiger partial charge in [0.05, 0.1) is 16.8 Å². The predicted molar refractivity (Wildman–Crippen MR) is 102 cm³/mol. The first kappa shape index (κ1) is 22.7. The first-order valence-corrected chi connectivity index (χ1v) is 10.8. The van der Waals surface area contributed by atoms with Gasteiger partial charge in [0.25, 0.3) is 5.91 Å². The highest BCUT2D eigenvalue weighted by atomic mass is 32.2. The van der Waals surface area contributed by atoms with Gasteiger partial charge in [-0.15, -0.1) is 0 Å². The molecule has 2 N–H and O–H groups in total. The minimum atomic E-state index is -4.19. The summed E-state index contributed by atoms with van der Waals surface area (Å²) in [5.74, 6) is -4.62. The maximum absolute atomic E-state index is 13.4. The molecule has 0 saturated carbocycles. The van der Waals surface area contributed by atoms with E-state index >= 15 is 0 Å². The van der Waals surface area contributed by atoms with Crippen molar-refractivity contribution in [2.45, 2.75) is 30.1 Å². The van der Waals surface area contributed by atoms with Crippen molar-refractivity contribution in [2.75, 3.05) is 6.61 Å². The van der Waals surface area contributed by atoms with Gasteiger partial charge in [-0.25, -0.2) is 12.8 Å². The number of sulfone groups is 1. The zero-order valence-electron chi connectivity index (χ0n) is 16.4. The number of hydroxylamine groups is 2. The molecule has 0 aromatic heterocycles. The first-order valence-electron chi connectivity index (χ1n) is 9.21. The predicted octanol–water partition coefficient (Wildman–Crippen LogP) is 2.03. The van der Waals surface area contributed by atoms with Crippen LogP contribution in [0.5, 0.6) is 5.75 Å². The largest absolute Gasteiger partial charge is 0.489 e. The van der Waals surface area contributed by atoms with Gasteiger partial charge in [-0.05, 0) is 54.4 Å². The monoisotopic (exact) mass is 453 g/mol. The lowest BCUT2D eigenvalue weighted by atomic mass is 10.00. The van der Waals surface area contributed by atoms with Gasteiger partial charge in [-0.2, -0.15) is 0 Å². The molecule has 1 heterocycles. The van der Waals surface area contributed by atoms with Crippen molar-refractivity contribution in [1.82, 2.24) is 5.23 Å². The van der Waals surface area contributed by atoms with Crippen LogP contribution in [0.4, 0.5) is 4.39 Å². The van der Waals surface area contributed by atoms with E-state index in [2.05, 4.69) is 0 Å². The van der Waals surface area contributed by atoms with Gasteiger partial charge in [0.15, 0.2) is 15.8 Å². The average Bonchev–Trinajstić information content (AvgIpc) is 2.74. The molecule has 3 rings (SSSR count). The standard InChI is InChI=1S/C20H20FNO8S/c1-12-2-3-14(21)10-13(12)11-30-15-4-6-16(7-5-15)31(27,28)17-8-9-29-20(24)18(17)19(23)22(25)26/h2-7,10,17-18,25-26H,8-9,11H2,1H3. The highest BCUT2D eigenvalue weighted by Gasteiger charge is 2.48. The third-order valence-corrected chi connectivity index (χ3v) is 7.23. The first-order chi connectivity index (χ1) is 14.6. The summed E-state index contributed by atoms with van der Waals surface area (Å²) < 4.78 is 49.7. The SMILES string of the molecule is Cc1ccc(F)cc1COc1ccc(S(=O)(=O)C2CCOC(=O)C2C(=O)N(O)O)cc1. The summed E-state index contributed by atoms with van der Waals surface area (Å²) in [5.41, 5.74) is 1.47. The maximum atomic E-state index is 13.4. The van der Waals surface area contributed by atoms with Crippen molar-refractivity contribution in [3.63, 3.8) is 0 Å². The number of cyclic esters (lactones) is 1. The Labute approximate surface area is 177 Å². The van der Waals surface area contributed by atoms with Crippen LogP contribution in [0.1, 0.15) is 17.5 Å². The van der Waals surface area contributed by atoms with Crippen LogP contribution in [0, 0.1) is 18.7 Å². The molecule has 0 bridgehead atoms. The Kier molecular flexibility index (Phi) is 6.58. The average molecular weight is 453 g/mol. The second-order valence-corrected chi connectivity index (χ2v) is 9.14. The van der Waals surface area contributed by atoms with E-state index in [1.165, 1.54) is 36.4 Å². The van der Waals surface area contributed by atoms with Gasteiger partial charge in [-0.3, -0.25) is 20.0 Å². The van der Waals surface area contributed by atoms with Gasteiger partial charge >= 0.3 is 5.97 Å². The molecule has 1 aliphatic rings. The second kappa shape index (κ2) is 9.00. The van der Waals surface area contributed by atoms with Crippen LogP contribution < -0.4 is 4.74 Å². The van der Waals surface area contributed by atoms with Crippen molar-refractivity contribution in [2.24, 2.45) is 5.92 Å². The zero-order chi connectivity index (χ0) is 22.8. The molecule has 1 fully saturated rings. The number of aryl methyl sites for hydroxylation is 1. The molecule has 2 unspecified atom stereocenters. The quantitative estimate of drug-likeness (QED) is 0.294. The molecule has 0 aliphatic carbocycles. The Bertz CT molecular complexity index is 1080. The van der Waals surface area contributed by atoms with Crippen LogP contribution in [-0.2, 0) is 30.8 Å². The number of carbonyl (C=O) groups excluding carboxylic acids is 2. The molecule has 2 aromatic rings. The van der Waals surface area contributed by atoms with E-state index in [-0.39, 0.29) is 24.5 Å². The zero-order valence-corrected chi connectivity index (χ0v) is 17.2. The summed E-state index contributed by atoms with van der Waals surface area (Å²) in [6, 6.07) is 9.59. The molecule has 0 radical (unpaired) electrons. The summed E-state index contributed by atoms with van der Waals surface area (Å²) in [6.45, 7) is 1.65. The fourth-order valence-electron chi connectivity index (χ4n) is 3.26. The van der Waals surface area contributed by atoms with Gasteiger partial charge in [0.1, 0.15) is 18.2 Å². The number of amides is 1. The van der Waals surface area contributed by atoms with E-state index in [9.17, 15) is 22.4 Å². The summed E-state index contributed by atoms with van der Waals surface area (Å²) >= 11 is 0. The lowest BCUT2D eigenvalue weighted by molar-refractivity contribution is -0.288. The van der Waals surface area contributed by atoms with Crippen molar-refractivity contribution in [3.8, 4) is 5.75 Å². The number of halogens is 1. The van der Waals surface area contributed by atoms with Gasteiger partial charge in [-0.1, -0.05) is 11.3 Å². The normalized spacial score (nSPS) is 18.9. The number of hydrogen-bond acceptors (Lipinski definition) is 8. The van der Waals surface area contributed by atoms with Crippen molar-refractivity contribution in [3.05, 3.63) is 59.4 Å². The molecular formula is C20H20FNO8S. The number of hydrogen-bond donors (Lipinski definition) is 2. The number of carbonyl (C=O) groups is 2. The minimum absolute atomic E-state index is 0.0730. The van der Waals surface area contributed by atoms with E-state index in [0.717, 1.165) is 5.56 Å². The van der Waals surface area contributed by atoms with E-state index in [1.54, 1.807) is 13.0 Å². The van der Waals surface area contributed by atoms with Gasteiger partial charge < -0.3 is 9.47 Å². The summed E-state index contributed by atoms with van der Waals surface area (Å²) in [4.78, 5) is 23.7.